The Hall–Kier alpha value is -2.55. The Morgan fingerprint density at radius 1 is 1.23 bits per heavy atom. The van der Waals surface area contributed by atoms with Crippen LogP contribution in [0, 0.1) is 23.2 Å². The van der Waals surface area contributed by atoms with Gasteiger partial charge >= 0.3 is 12.1 Å². The Bertz CT molecular complexity index is 800. The lowest BCUT2D eigenvalue weighted by Crippen LogP contribution is -2.45. The number of hydrogen-bond acceptors (Lipinski definition) is 5. The van der Waals surface area contributed by atoms with Crippen LogP contribution < -0.4 is 5.32 Å². The van der Waals surface area contributed by atoms with Crippen LogP contribution in [0.3, 0.4) is 0 Å². The number of alkyl carbamates (subject to hydrolysis) is 1. The van der Waals surface area contributed by atoms with Crippen molar-refractivity contribution in [1.29, 1.82) is 5.26 Å². The number of cyclic esters (lactones) is 1. The van der Waals surface area contributed by atoms with Crippen molar-refractivity contribution < 1.29 is 19.1 Å². The molecule has 0 aromatic heterocycles. The number of carbonyl (C=O) groups is 2. The SMILES string of the molecule is CC(C)(C)OC(=O)N[C@@H](CC1CCCCC1)[C@H]1C[C@@H](Cc2ccc(C#N)cc2)OC1=O. The van der Waals surface area contributed by atoms with Crippen molar-refractivity contribution in [2.24, 2.45) is 11.8 Å². The zero-order valence-corrected chi connectivity index (χ0v) is 18.9. The molecular formula is C25H34N2O4. The molecule has 0 bridgehead atoms. The van der Waals surface area contributed by atoms with E-state index < -0.39 is 11.7 Å². The summed E-state index contributed by atoms with van der Waals surface area (Å²) in [6, 6.07) is 9.19. The van der Waals surface area contributed by atoms with Crippen molar-refractivity contribution in [1.82, 2.24) is 5.32 Å². The van der Waals surface area contributed by atoms with Gasteiger partial charge in [0.2, 0.25) is 0 Å². The average molecular weight is 427 g/mol. The normalized spacial score (nSPS) is 23.0. The fraction of sp³-hybridized carbons (Fsp3) is 0.640. The van der Waals surface area contributed by atoms with Gasteiger partial charge in [0.05, 0.1) is 17.6 Å². The molecule has 1 heterocycles. The molecule has 168 valence electrons. The highest BCUT2D eigenvalue weighted by atomic mass is 16.6. The van der Waals surface area contributed by atoms with Gasteiger partial charge in [0.15, 0.2) is 0 Å². The second-order valence-corrected chi connectivity index (χ2v) is 9.91. The lowest BCUT2D eigenvalue weighted by molar-refractivity contribution is -0.145. The molecule has 1 aliphatic carbocycles. The Morgan fingerprint density at radius 2 is 1.90 bits per heavy atom. The smallest absolute Gasteiger partial charge is 0.407 e. The van der Waals surface area contributed by atoms with Crippen LogP contribution in [0.15, 0.2) is 24.3 Å². The van der Waals surface area contributed by atoms with Crippen LogP contribution in [-0.2, 0) is 20.7 Å². The summed E-state index contributed by atoms with van der Waals surface area (Å²) in [5, 5.41) is 12.0. The van der Waals surface area contributed by atoms with Gasteiger partial charge in [-0.25, -0.2) is 4.79 Å². The number of ether oxygens (including phenoxy) is 2. The Balaban J connectivity index is 1.66. The molecule has 6 heteroatoms. The predicted octanol–water partition coefficient (Wildman–Crippen LogP) is 4.90. The minimum atomic E-state index is -0.590. The van der Waals surface area contributed by atoms with Crippen LogP contribution in [0.4, 0.5) is 4.79 Å². The number of carbonyl (C=O) groups excluding carboxylic acids is 2. The van der Waals surface area contributed by atoms with Gasteiger partial charge in [-0.3, -0.25) is 4.79 Å². The third-order valence-electron chi connectivity index (χ3n) is 6.15. The summed E-state index contributed by atoms with van der Waals surface area (Å²) in [5.74, 6) is -0.0904. The van der Waals surface area contributed by atoms with Crippen molar-refractivity contribution in [2.45, 2.75) is 89.9 Å². The molecule has 1 amide bonds. The molecule has 1 aliphatic heterocycles. The number of hydrogen-bond donors (Lipinski definition) is 1. The monoisotopic (exact) mass is 426 g/mol. The summed E-state index contributed by atoms with van der Waals surface area (Å²) in [4.78, 5) is 25.3. The van der Waals surface area contributed by atoms with Crippen LogP contribution in [0.1, 0.15) is 76.8 Å². The topological polar surface area (TPSA) is 88.4 Å². The molecule has 31 heavy (non-hydrogen) atoms. The molecular weight excluding hydrogens is 392 g/mol. The quantitative estimate of drug-likeness (QED) is 0.654. The highest BCUT2D eigenvalue weighted by Gasteiger charge is 2.41. The lowest BCUT2D eigenvalue weighted by Gasteiger charge is -2.30. The molecule has 1 N–H and O–H groups in total. The van der Waals surface area contributed by atoms with E-state index in [1.807, 2.05) is 32.9 Å². The van der Waals surface area contributed by atoms with Crippen molar-refractivity contribution in [3.63, 3.8) is 0 Å². The zero-order chi connectivity index (χ0) is 22.4. The van der Waals surface area contributed by atoms with Gasteiger partial charge in [0.25, 0.3) is 0 Å². The van der Waals surface area contributed by atoms with Gasteiger partial charge < -0.3 is 14.8 Å². The van der Waals surface area contributed by atoms with Gasteiger partial charge in [-0.05, 0) is 57.2 Å². The molecule has 1 aromatic carbocycles. The fourth-order valence-corrected chi connectivity index (χ4v) is 4.68. The molecule has 2 aliphatic rings. The largest absolute Gasteiger partial charge is 0.462 e. The maximum absolute atomic E-state index is 12.8. The summed E-state index contributed by atoms with van der Waals surface area (Å²) < 4.78 is 11.2. The fourth-order valence-electron chi connectivity index (χ4n) is 4.68. The van der Waals surface area contributed by atoms with Crippen molar-refractivity contribution in [2.75, 3.05) is 0 Å². The van der Waals surface area contributed by atoms with Crippen LogP contribution in [0.25, 0.3) is 0 Å². The number of nitrogens with zero attached hydrogens (tertiary/aromatic N) is 1. The maximum atomic E-state index is 12.8. The van der Waals surface area contributed by atoms with E-state index >= 15 is 0 Å². The maximum Gasteiger partial charge on any atom is 0.407 e. The van der Waals surface area contributed by atoms with E-state index in [0.29, 0.717) is 24.3 Å². The standard InChI is InChI=1S/C25H34N2O4/c1-25(2,3)31-24(29)27-22(14-17-7-5-4-6-8-17)21-15-20(30-23(21)28)13-18-9-11-19(16-26)12-10-18/h9-12,17,20-22H,4-8,13-15H2,1-3H3,(H,27,29)/t20-,21-,22+/m1/s1. The van der Waals surface area contributed by atoms with E-state index in [2.05, 4.69) is 11.4 Å². The molecule has 0 spiro atoms. The molecule has 0 radical (unpaired) electrons. The van der Waals surface area contributed by atoms with E-state index in [1.54, 1.807) is 12.1 Å². The summed E-state index contributed by atoms with van der Waals surface area (Å²) in [7, 11) is 0. The third kappa shape index (κ3) is 6.99. The van der Waals surface area contributed by atoms with Gasteiger partial charge in [-0.1, -0.05) is 44.2 Å². The van der Waals surface area contributed by atoms with Crippen LogP contribution in [0.5, 0.6) is 0 Å². The number of amides is 1. The van der Waals surface area contributed by atoms with E-state index in [0.717, 1.165) is 24.8 Å². The minimum absolute atomic E-state index is 0.222. The first kappa shape index (κ1) is 23.1. The van der Waals surface area contributed by atoms with E-state index in [9.17, 15) is 9.59 Å². The molecule has 3 rings (SSSR count). The van der Waals surface area contributed by atoms with Gasteiger partial charge in [-0.2, -0.15) is 5.26 Å². The number of rotatable bonds is 6. The summed E-state index contributed by atoms with van der Waals surface area (Å²) >= 11 is 0. The summed E-state index contributed by atoms with van der Waals surface area (Å²) in [6.45, 7) is 5.50. The molecule has 6 nitrogen and oxygen atoms in total. The molecule has 0 unspecified atom stereocenters. The average Bonchev–Trinajstić information content (AvgIpc) is 3.07. The predicted molar refractivity (Wildman–Crippen MR) is 117 cm³/mol. The molecule has 1 saturated heterocycles. The lowest BCUT2D eigenvalue weighted by atomic mass is 9.81. The zero-order valence-electron chi connectivity index (χ0n) is 18.9. The van der Waals surface area contributed by atoms with Gasteiger partial charge in [0, 0.05) is 12.5 Å². The Morgan fingerprint density at radius 3 is 2.52 bits per heavy atom. The van der Waals surface area contributed by atoms with Crippen LogP contribution in [0.2, 0.25) is 0 Å². The van der Waals surface area contributed by atoms with E-state index in [1.165, 1.54) is 19.3 Å². The molecule has 2 fully saturated rings. The van der Waals surface area contributed by atoms with Crippen LogP contribution in [-0.4, -0.2) is 29.8 Å². The van der Waals surface area contributed by atoms with Crippen molar-refractivity contribution in [3.05, 3.63) is 35.4 Å². The van der Waals surface area contributed by atoms with E-state index in [-0.39, 0.29) is 24.0 Å². The number of benzene rings is 1. The minimum Gasteiger partial charge on any atom is -0.462 e. The van der Waals surface area contributed by atoms with Gasteiger partial charge in [-0.15, -0.1) is 0 Å². The van der Waals surface area contributed by atoms with Gasteiger partial charge in [0.1, 0.15) is 11.7 Å². The first-order valence-electron chi connectivity index (χ1n) is 11.4. The second kappa shape index (κ2) is 10.2. The first-order valence-corrected chi connectivity index (χ1v) is 11.4. The summed E-state index contributed by atoms with van der Waals surface area (Å²) in [5.41, 5.74) is 1.05. The van der Waals surface area contributed by atoms with Crippen molar-refractivity contribution >= 4 is 12.1 Å². The summed E-state index contributed by atoms with van der Waals surface area (Å²) in [6.07, 6.45) is 7.23. The van der Waals surface area contributed by atoms with Crippen molar-refractivity contribution in [3.8, 4) is 6.07 Å². The highest BCUT2D eigenvalue weighted by molar-refractivity contribution is 5.77. The molecule has 1 saturated carbocycles. The third-order valence-corrected chi connectivity index (χ3v) is 6.15. The Kier molecular flexibility index (Phi) is 7.59. The second-order valence-electron chi connectivity index (χ2n) is 9.91. The highest BCUT2D eigenvalue weighted by Crippen LogP contribution is 2.34. The number of nitrogens with one attached hydrogen (secondary N) is 1. The Labute approximate surface area is 185 Å². The molecule has 1 aromatic rings. The number of nitriles is 1. The van der Waals surface area contributed by atoms with Crippen LogP contribution >= 0.6 is 0 Å². The molecule has 3 atom stereocenters. The first-order chi connectivity index (χ1) is 14.7. The number of esters is 1. The van der Waals surface area contributed by atoms with E-state index in [4.69, 9.17) is 14.7 Å².